The Morgan fingerprint density at radius 2 is 1.68 bits per heavy atom. The minimum absolute atomic E-state index is 0.0410. The predicted octanol–water partition coefficient (Wildman–Crippen LogP) is 4.36. The standard InChI is InChI=1S/C22H25N3O2S/c1-25(19-9-3-2-4-10-19)21(27)17-11-13-18(14-12-17)23-22(28)24-20(26)15-16-7-5-6-8-16/h2-4,9-14,16H,5-8,15H2,1H3,(H2,23,24,26,28). The second kappa shape index (κ2) is 9.46. The first-order valence-electron chi connectivity index (χ1n) is 9.57. The average molecular weight is 396 g/mol. The van der Waals surface area contributed by atoms with Gasteiger partial charge >= 0.3 is 0 Å². The molecule has 2 N–H and O–H groups in total. The Morgan fingerprint density at radius 3 is 2.32 bits per heavy atom. The van der Waals surface area contributed by atoms with Crippen LogP contribution in [0, 0.1) is 5.92 Å². The number of nitrogens with one attached hydrogen (secondary N) is 2. The lowest BCUT2D eigenvalue weighted by Gasteiger charge is -2.17. The molecule has 28 heavy (non-hydrogen) atoms. The number of hydrogen-bond acceptors (Lipinski definition) is 3. The van der Waals surface area contributed by atoms with E-state index < -0.39 is 0 Å². The van der Waals surface area contributed by atoms with E-state index >= 15 is 0 Å². The second-order valence-electron chi connectivity index (χ2n) is 7.13. The van der Waals surface area contributed by atoms with Gasteiger partial charge in [-0.2, -0.15) is 0 Å². The zero-order valence-corrected chi connectivity index (χ0v) is 16.8. The first-order chi connectivity index (χ1) is 13.5. The molecule has 146 valence electrons. The quantitative estimate of drug-likeness (QED) is 0.739. The zero-order valence-electron chi connectivity index (χ0n) is 16.0. The maximum absolute atomic E-state index is 12.6. The third-order valence-electron chi connectivity index (χ3n) is 5.04. The summed E-state index contributed by atoms with van der Waals surface area (Å²) < 4.78 is 0. The fraction of sp³-hybridized carbons (Fsp3) is 0.318. The Labute approximate surface area is 171 Å². The Balaban J connectivity index is 1.52. The summed E-state index contributed by atoms with van der Waals surface area (Å²) in [7, 11) is 1.75. The molecule has 2 aromatic rings. The van der Waals surface area contributed by atoms with Crippen molar-refractivity contribution >= 4 is 40.5 Å². The Bertz CT molecular complexity index is 831. The number of nitrogens with zero attached hydrogens (tertiary/aromatic N) is 1. The van der Waals surface area contributed by atoms with E-state index in [0.717, 1.165) is 24.2 Å². The van der Waals surface area contributed by atoms with Crippen molar-refractivity contribution in [3.63, 3.8) is 0 Å². The van der Waals surface area contributed by atoms with Gasteiger partial charge in [0.2, 0.25) is 5.91 Å². The number of hydrogen-bond donors (Lipinski definition) is 2. The highest BCUT2D eigenvalue weighted by molar-refractivity contribution is 7.80. The molecule has 1 aliphatic rings. The Morgan fingerprint density at radius 1 is 1.04 bits per heavy atom. The van der Waals surface area contributed by atoms with Gasteiger partial charge in [0, 0.05) is 30.4 Å². The van der Waals surface area contributed by atoms with Crippen LogP contribution in [0.5, 0.6) is 0 Å². The number of rotatable bonds is 5. The summed E-state index contributed by atoms with van der Waals surface area (Å²) in [6, 6.07) is 16.5. The summed E-state index contributed by atoms with van der Waals surface area (Å²) in [6.45, 7) is 0. The van der Waals surface area contributed by atoms with Crippen LogP contribution in [0.25, 0.3) is 0 Å². The SMILES string of the molecule is CN(C(=O)c1ccc(NC(=S)NC(=O)CC2CCCC2)cc1)c1ccccc1. The fourth-order valence-electron chi connectivity index (χ4n) is 3.48. The van der Waals surface area contributed by atoms with Crippen molar-refractivity contribution in [1.29, 1.82) is 0 Å². The minimum atomic E-state index is -0.0924. The van der Waals surface area contributed by atoms with E-state index in [1.54, 1.807) is 36.2 Å². The van der Waals surface area contributed by atoms with Crippen LogP contribution >= 0.6 is 12.2 Å². The lowest BCUT2D eigenvalue weighted by molar-refractivity contribution is -0.120. The molecule has 0 unspecified atom stereocenters. The number of thiocarbonyl (C=S) groups is 1. The molecule has 5 nitrogen and oxygen atoms in total. The van der Waals surface area contributed by atoms with E-state index in [2.05, 4.69) is 10.6 Å². The molecule has 0 aliphatic heterocycles. The predicted molar refractivity (Wildman–Crippen MR) is 117 cm³/mol. The molecule has 0 spiro atoms. The van der Waals surface area contributed by atoms with Crippen molar-refractivity contribution in [2.45, 2.75) is 32.1 Å². The van der Waals surface area contributed by atoms with Crippen LogP contribution in [-0.2, 0) is 4.79 Å². The number of para-hydroxylation sites is 1. The summed E-state index contributed by atoms with van der Waals surface area (Å²) in [5, 5.41) is 6.02. The van der Waals surface area contributed by atoms with Gasteiger partial charge in [0.1, 0.15) is 0 Å². The van der Waals surface area contributed by atoms with Crippen molar-refractivity contribution in [3.05, 3.63) is 60.2 Å². The van der Waals surface area contributed by atoms with E-state index in [1.165, 1.54) is 12.8 Å². The highest BCUT2D eigenvalue weighted by Gasteiger charge is 2.19. The van der Waals surface area contributed by atoms with E-state index in [4.69, 9.17) is 12.2 Å². The fourth-order valence-corrected chi connectivity index (χ4v) is 3.71. The van der Waals surface area contributed by atoms with Crippen LogP contribution in [0.4, 0.5) is 11.4 Å². The molecular weight excluding hydrogens is 370 g/mol. The molecule has 0 saturated heterocycles. The Kier molecular flexibility index (Phi) is 6.76. The number of amides is 2. The van der Waals surface area contributed by atoms with Gasteiger partial charge in [0.05, 0.1) is 0 Å². The molecule has 0 radical (unpaired) electrons. The molecule has 0 bridgehead atoms. The highest BCUT2D eigenvalue weighted by Crippen LogP contribution is 2.27. The largest absolute Gasteiger partial charge is 0.332 e. The molecule has 0 atom stereocenters. The first kappa shape index (κ1) is 20.0. The van der Waals surface area contributed by atoms with Gasteiger partial charge in [-0.05, 0) is 67.4 Å². The zero-order chi connectivity index (χ0) is 19.9. The van der Waals surface area contributed by atoms with Crippen LogP contribution in [0.15, 0.2) is 54.6 Å². The van der Waals surface area contributed by atoms with E-state index in [0.29, 0.717) is 17.9 Å². The van der Waals surface area contributed by atoms with Gasteiger partial charge in [-0.1, -0.05) is 31.0 Å². The van der Waals surface area contributed by atoms with Gasteiger partial charge in [-0.25, -0.2) is 0 Å². The molecule has 1 fully saturated rings. The Hall–Kier alpha value is -2.73. The second-order valence-corrected chi connectivity index (χ2v) is 7.54. The highest BCUT2D eigenvalue weighted by atomic mass is 32.1. The van der Waals surface area contributed by atoms with E-state index in [-0.39, 0.29) is 16.9 Å². The summed E-state index contributed by atoms with van der Waals surface area (Å²) in [4.78, 5) is 26.3. The number of carbonyl (C=O) groups is 2. The van der Waals surface area contributed by atoms with Crippen molar-refractivity contribution in [2.75, 3.05) is 17.3 Å². The molecule has 2 aromatic carbocycles. The lowest BCUT2D eigenvalue weighted by Crippen LogP contribution is -2.34. The van der Waals surface area contributed by atoms with Crippen molar-refractivity contribution < 1.29 is 9.59 Å². The third-order valence-corrected chi connectivity index (χ3v) is 5.24. The van der Waals surface area contributed by atoms with Crippen LogP contribution in [0.3, 0.4) is 0 Å². The molecule has 2 amide bonds. The third kappa shape index (κ3) is 5.39. The first-order valence-corrected chi connectivity index (χ1v) is 9.98. The van der Waals surface area contributed by atoms with Crippen LogP contribution in [0.1, 0.15) is 42.5 Å². The molecule has 0 heterocycles. The molecular formula is C22H25N3O2S. The number of carbonyl (C=O) groups excluding carboxylic acids is 2. The summed E-state index contributed by atoms with van der Waals surface area (Å²) in [6.07, 6.45) is 5.21. The van der Waals surface area contributed by atoms with Crippen LogP contribution < -0.4 is 15.5 Å². The molecule has 1 saturated carbocycles. The van der Waals surface area contributed by atoms with Gasteiger partial charge in [-0.15, -0.1) is 0 Å². The van der Waals surface area contributed by atoms with Crippen molar-refractivity contribution in [2.24, 2.45) is 5.92 Å². The molecule has 1 aliphatic carbocycles. The van der Waals surface area contributed by atoms with Crippen molar-refractivity contribution in [3.8, 4) is 0 Å². The number of anilines is 2. The minimum Gasteiger partial charge on any atom is -0.332 e. The van der Waals surface area contributed by atoms with Gasteiger partial charge in [-0.3, -0.25) is 9.59 Å². The summed E-state index contributed by atoms with van der Waals surface area (Å²) in [5.74, 6) is 0.348. The maximum atomic E-state index is 12.6. The van der Waals surface area contributed by atoms with Gasteiger partial charge in [0.15, 0.2) is 5.11 Å². The lowest BCUT2D eigenvalue weighted by atomic mass is 10.0. The maximum Gasteiger partial charge on any atom is 0.258 e. The smallest absolute Gasteiger partial charge is 0.258 e. The number of benzene rings is 2. The monoisotopic (exact) mass is 395 g/mol. The van der Waals surface area contributed by atoms with Crippen LogP contribution in [-0.4, -0.2) is 24.0 Å². The molecule has 6 heteroatoms. The normalized spacial score (nSPS) is 13.8. The van der Waals surface area contributed by atoms with Gasteiger partial charge < -0.3 is 15.5 Å². The average Bonchev–Trinajstić information content (AvgIpc) is 3.20. The summed E-state index contributed by atoms with van der Waals surface area (Å²) >= 11 is 5.22. The van der Waals surface area contributed by atoms with Crippen molar-refractivity contribution in [1.82, 2.24) is 5.32 Å². The van der Waals surface area contributed by atoms with E-state index in [9.17, 15) is 9.59 Å². The van der Waals surface area contributed by atoms with Crippen LogP contribution in [0.2, 0.25) is 0 Å². The topological polar surface area (TPSA) is 61.4 Å². The van der Waals surface area contributed by atoms with Gasteiger partial charge in [0.25, 0.3) is 5.91 Å². The molecule has 0 aromatic heterocycles. The van der Waals surface area contributed by atoms with E-state index in [1.807, 2.05) is 30.3 Å². The summed E-state index contributed by atoms with van der Waals surface area (Å²) in [5.41, 5.74) is 2.14. The molecule has 3 rings (SSSR count).